The van der Waals surface area contributed by atoms with Gasteiger partial charge in [0.05, 0.1) is 0 Å². The lowest BCUT2D eigenvalue weighted by Gasteiger charge is -2.19. The minimum absolute atomic E-state index is 0.111. The molecule has 2 aliphatic rings. The highest BCUT2D eigenvalue weighted by molar-refractivity contribution is 5.96. The Kier molecular flexibility index (Phi) is 6.52. The Morgan fingerprint density at radius 2 is 1.83 bits per heavy atom. The fraction of sp³-hybridized carbons (Fsp3) is 0.222. The third-order valence-electron chi connectivity index (χ3n) is 5.44. The molecule has 0 amide bonds. The zero-order valence-corrected chi connectivity index (χ0v) is 17.4. The van der Waals surface area contributed by atoms with Gasteiger partial charge < -0.3 is 5.73 Å². The van der Waals surface area contributed by atoms with Crippen LogP contribution in [-0.2, 0) is 0 Å². The fourth-order valence-electron chi connectivity index (χ4n) is 3.72. The van der Waals surface area contributed by atoms with Crippen molar-refractivity contribution in [1.82, 2.24) is 0 Å². The Bertz CT molecular complexity index is 1090. The van der Waals surface area contributed by atoms with Crippen LogP contribution >= 0.6 is 0 Å². The van der Waals surface area contributed by atoms with Crippen LogP contribution in [0.2, 0.25) is 0 Å². The first-order valence-electron chi connectivity index (χ1n) is 10.1. The molecule has 0 saturated heterocycles. The van der Waals surface area contributed by atoms with Crippen molar-refractivity contribution in [2.45, 2.75) is 33.6 Å². The van der Waals surface area contributed by atoms with Gasteiger partial charge in [-0.05, 0) is 78.3 Å². The van der Waals surface area contributed by atoms with Gasteiger partial charge in [-0.15, -0.1) is 0 Å². The maximum Gasteiger partial charge on any atom is 0.122 e. The van der Waals surface area contributed by atoms with Crippen molar-refractivity contribution in [3.8, 4) is 11.1 Å². The first kappa shape index (κ1) is 20.4. The molecule has 3 N–H and O–H groups in total. The summed E-state index contributed by atoms with van der Waals surface area (Å²) in [4.78, 5) is 0. The molecular weight excluding hydrogens is 352 g/mol. The third-order valence-corrected chi connectivity index (χ3v) is 5.44. The van der Waals surface area contributed by atoms with Crippen molar-refractivity contribution in [3.05, 3.63) is 106 Å². The van der Waals surface area contributed by atoms with Crippen LogP contribution in [0.4, 0.5) is 0 Å². The monoisotopic (exact) mass is 380 g/mol. The van der Waals surface area contributed by atoms with Gasteiger partial charge in [0.15, 0.2) is 0 Å². The van der Waals surface area contributed by atoms with Crippen molar-refractivity contribution >= 4 is 5.84 Å². The summed E-state index contributed by atoms with van der Waals surface area (Å²) in [5, 5.41) is 7.50. The highest BCUT2D eigenvalue weighted by atomic mass is 14.7. The average Bonchev–Trinajstić information content (AvgIpc) is 2.74. The zero-order chi connectivity index (χ0) is 20.8. The summed E-state index contributed by atoms with van der Waals surface area (Å²) in [6.45, 7) is 6.37. The van der Waals surface area contributed by atoms with Gasteiger partial charge in [-0.3, -0.25) is 5.41 Å². The SMILES string of the molecule is CCC1=C2C=C=C=CC2CC=C1.Cc1ccccc1-c1cc(C(=N)N)ccc1C. The standard InChI is InChI=1S/C15H16N2.C12H12/c1-10-5-3-4-6-13(10)14-9-12(15(16)17)8-7-11(14)2;1-2-10-7-5-8-11-6-3-4-9-12(10)11/h3-9H,1-2H3,(H3,16,17);5-7,9,11H,2,8H2,1H3. The number of nitrogen functional groups attached to an aromatic ring is 1. The molecule has 0 bridgehead atoms. The molecule has 146 valence electrons. The number of hydrogen-bond donors (Lipinski definition) is 2. The van der Waals surface area contributed by atoms with Gasteiger partial charge in [-0.25, -0.2) is 0 Å². The number of nitrogens with one attached hydrogen (secondary N) is 1. The molecule has 0 heterocycles. The van der Waals surface area contributed by atoms with Crippen LogP contribution in [0.1, 0.15) is 36.5 Å². The van der Waals surface area contributed by atoms with Crippen molar-refractivity contribution in [3.63, 3.8) is 0 Å². The van der Waals surface area contributed by atoms with E-state index >= 15 is 0 Å². The molecule has 0 fully saturated rings. The number of nitrogens with two attached hydrogens (primary N) is 1. The Morgan fingerprint density at radius 3 is 2.55 bits per heavy atom. The van der Waals surface area contributed by atoms with Crippen LogP contribution in [0, 0.1) is 25.2 Å². The second-order valence-corrected chi connectivity index (χ2v) is 7.44. The van der Waals surface area contributed by atoms with E-state index in [1.165, 1.54) is 27.8 Å². The second-order valence-electron chi connectivity index (χ2n) is 7.44. The van der Waals surface area contributed by atoms with Crippen molar-refractivity contribution < 1.29 is 0 Å². The Hall–Kier alpha value is -3.31. The molecule has 0 radical (unpaired) electrons. The van der Waals surface area contributed by atoms with Crippen LogP contribution in [0.3, 0.4) is 0 Å². The molecule has 1 unspecified atom stereocenters. The van der Waals surface area contributed by atoms with E-state index < -0.39 is 0 Å². The van der Waals surface area contributed by atoms with Gasteiger partial charge in [-0.1, -0.05) is 66.9 Å². The van der Waals surface area contributed by atoms with Gasteiger partial charge in [0.1, 0.15) is 5.84 Å². The molecule has 4 rings (SSSR count). The number of benzene rings is 2. The number of aryl methyl sites for hydroxylation is 2. The van der Waals surface area contributed by atoms with E-state index in [1.807, 2.05) is 30.3 Å². The zero-order valence-electron chi connectivity index (χ0n) is 17.4. The average molecular weight is 381 g/mol. The molecular formula is C27H28N2. The van der Waals surface area contributed by atoms with Crippen molar-refractivity contribution in [2.24, 2.45) is 11.7 Å². The normalized spacial score (nSPS) is 16.3. The van der Waals surface area contributed by atoms with Crippen LogP contribution in [0.15, 0.2) is 89.4 Å². The number of fused-ring (bicyclic) bond motifs is 1. The lowest BCUT2D eigenvalue weighted by atomic mass is 9.85. The summed E-state index contributed by atoms with van der Waals surface area (Å²) in [5.41, 5.74) is 20.0. The van der Waals surface area contributed by atoms with Crippen LogP contribution < -0.4 is 5.73 Å². The number of hydrogen-bond acceptors (Lipinski definition) is 1. The molecule has 2 heteroatoms. The maximum absolute atomic E-state index is 7.50. The summed E-state index contributed by atoms with van der Waals surface area (Å²) in [7, 11) is 0. The topological polar surface area (TPSA) is 49.9 Å². The lowest BCUT2D eigenvalue weighted by molar-refractivity contribution is 0.763. The smallest absolute Gasteiger partial charge is 0.122 e. The van der Waals surface area contributed by atoms with Gasteiger partial charge in [0.25, 0.3) is 0 Å². The van der Waals surface area contributed by atoms with E-state index in [2.05, 4.69) is 68.7 Å². The van der Waals surface area contributed by atoms with E-state index in [4.69, 9.17) is 11.1 Å². The largest absolute Gasteiger partial charge is 0.384 e. The predicted octanol–water partition coefficient (Wildman–Crippen LogP) is 6.40. The first-order chi connectivity index (χ1) is 14.0. The van der Waals surface area contributed by atoms with Crippen LogP contribution in [-0.4, -0.2) is 5.84 Å². The molecule has 1 atom stereocenters. The molecule has 0 spiro atoms. The van der Waals surface area contributed by atoms with E-state index in [9.17, 15) is 0 Å². The Labute approximate surface area is 174 Å². The van der Waals surface area contributed by atoms with Gasteiger partial charge in [-0.2, -0.15) is 0 Å². The lowest BCUT2D eigenvalue weighted by Crippen LogP contribution is -2.11. The number of allylic oxidation sites excluding steroid dienone is 6. The highest BCUT2D eigenvalue weighted by Gasteiger charge is 2.15. The first-order valence-corrected chi connectivity index (χ1v) is 10.1. The quantitative estimate of drug-likeness (QED) is 0.361. The summed E-state index contributed by atoms with van der Waals surface area (Å²) < 4.78 is 0. The predicted molar refractivity (Wildman–Crippen MR) is 123 cm³/mol. The fourth-order valence-corrected chi connectivity index (χ4v) is 3.72. The highest BCUT2D eigenvalue weighted by Crippen LogP contribution is 2.30. The Morgan fingerprint density at radius 1 is 1.07 bits per heavy atom. The molecule has 29 heavy (non-hydrogen) atoms. The molecule has 0 aliphatic heterocycles. The van der Waals surface area contributed by atoms with Crippen LogP contribution in [0.25, 0.3) is 11.1 Å². The van der Waals surface area contributed by atoms with Crippen LogP contribution in [0.5, 0.6) is 0 Å². The maximum atomic E-state index is 7.50. The summed E-state index contributed by atoms with van der Waals surface area (Å²) in [5.74, 6) is 0.686. The molecule has 0 aromatic heterocycles. The summed E-state index contributed by atoms with van der Waals surface area (Å²) >= 11 is 0. The van der Waals surface area contributed by atoms with Gasteiger partial charge in [0, 0.05) is 11.5 Å². The summed E-state index contributed by atoms with van der Waals surface area (Å²) in [6.07, 6.45) is 10.9. The minimum atomic E-state index is 0.111. The number of rotatable bonds is 3. The van der Waals surface area contributed by atoms with E-state index in [1.54, 1.807) is 0 Å². The molecule has 2 aromatic carbocycles. The summed E-state index contributed by atoms with van der Waals surface area (Å²) in [6, 6.07) is 14.1. The molecule has 2 aromatic rings. The molecule has 0 saturated carbocycles. The second kappa shape index (κ2) is 9.26. The van der Waals surface area contributed by atoms with E-state index in [-0.39, 0.29) is 5.84 Å². The van der Waals surface area contributed by atoms with E-state index in [0.717, 1.165) is 24.0 Å². The Balaban J connectivity index is 0.000000176. The molecule has 2 nitrogen and oxygen atoms in total. The van der Waals surface area contributed by atoms with Crippen molar-refractivity contribution in [2.75, 3.05) is 0 Å². The van der Waals surface area contributed by atoms with Gasteiger partial charge in [0.2, 0.25) is 0 Å². The van der Waals surface area contributed by atoms with Gasteiger partial charge >= 0.3 is 0 Å². The number of amidine groups is 1. The third kappa shape index (κ3) is 4.76. The van der Waals surface area contributed by atoms with E-state index in [0.29, 0.717) is 5.92 Å². The minimum Gasteiger partial charge on any atom is -0.384 e. The van der Waals surface area contributed by atoms with Crippen molar-refractivity contribution in [1.29, 1.82) is 5.41 Å². The molecule has 2 aliphatic carbocycles.